The monoisotopic (exact) mass is 270 g/mol. The van der Waals surface area contributed by atoms with Crippen LogP contribution in [0.2, 0.25) is 0 Å². The second-order valence-electron chi connectivity index (χ2n) is 4.81. The zero-order valence-corrected chi connectivity index (χ0v) is 11.4. The molecule has 4 heteroatoms. The van der Waals surface area contributed by atoms with Gasteiger partial charge in [-0.3, -0.25) is 0 Å². The molecule has 102 valence electrons. The number of hydrogen-bond acceptors (Lipinski definition) is 2. The summed E-state index contributed by atoms with van der Waals surface area (Å²) in [5, 5.41) is 9.95. The van der Waals surface area contributed by atoms with E-state index in [0.29, 0.717) is 12.4 Å². The van der Waals surface area contributed by atoms with Crippen LogP contribution in [0.15, 0.2) is 36.4 Å². The fraction of sp³-hybridized carbons (Fsp3) is 0.188. The molecule has 0 fully saturated rings. The molecule has 0 bridgehead atoms. The second kappa shape index (κ2) is 4.63. The van der Waals surface area contributed by atoms with E-state index in [0.717, 1.165) is 16.6 Å². The highest BCUT2D eigenvalue weighted by Crippen LogP contribution is 2.33. The third-order valence-corrected chi connectivity index (χ3v) is 3.44. The largest absolute Gasteiger partial charge is 0.507 e. The van der Waals surface area contributed by atoms with Gasteiger partial charge in [0.15, 0.2) is 0 Å². The number of aromatic hydroxyl groups is 1. The number of fused-ring (bicyclic) bond motifs is 1. The first-order chi connectivity index (χ1) is 9.61. The van der Waals surface area contributed by atoms with Crippen molar-refractivity contribution in [3.05, 3.63) is 47.8 Å². The topological polar surface area (TPSA) is 38.0 Å². The van der Waals surface area contributed by atoms with E-state index in [-0.39, 0.29) is 11.3 Å². The molecule has 0 saturated carbocycles. The molecular weight excluding hydrogens is 255 g/mol. The van der Waals surface area contributed by atoms with Gasteiger partial charge >= 0.3 is 0 Å². The van der Waals surface area contributed by atoms with Gasteiger partial charge in [0, 0.05) is 6.54 Å². The molecule has 0 aliphatic heterocycles. The lowest BCUT2D eigenvalue weighted by molar-refractivity contribution is 0.471. The molecule has 0 saturated heterocycles. The fourth-order valence-electron chi connectivity index (χ4n) is 2.48. The van der Waals surface area contributed by atoms with Crippen LogP contribution in [0.25, 0.3) is 22.4 Å². The first-order valence-corrected chi connectivity index (χ1v) is 6.56. The minimum Gasteiger partial charge on any atom is -0.507 e. The number of phenolic OH excluding ortho intramolecular Hbond substituents is 1. The predicted octanol–water partition coefficient (Wildman–Crippen LogP) is 3.88. The maximum absolute atomic E-state index is 14.0. The van der Waals surface area contributed by atoms with Crippen molar-refractivity contribution in [3.63, 3.8) is 0 Å². The SMILES string of the molecule is CCn1c(-c2c(O)cccc2F)nc2cc(C)ccc21. The van der Waals surface area contributed by atoms with Gasteiger partial charge in [-0.25, -0.2) is 9.37 Å². The van der Waals surface area contributed by atoms with E-state index in [9.17, 15) is 9.50 Å². The first kappa shape index (κ1) is 12.7. The van der Waals surface area contributed by atoms with Crippen LogP contribution in [0.5, 0.6) is 5.75 Å². The van der Waals surface area contributed by atoms with E-state index in [1.54, 1.807) is 0 Å². The number of benzene rings is 2. The minimum absolute atomic E-state index is 0.0910. The van der Waals surface area contributed by atoms with Gasteiger partial charge < -0.3 is 9.67 Å². The van der Waals surface area contributed by atoms with E-state index in [4.69, 9.17) is 0 Å². The molecule has 0 aliphatic carbocycles. The highest BCUT2D eigenvalue weighted by Gasteiger charge is 2.18. The van der Waals surface area contributed by atoms with Gasteiger partial charge in [0.25, 0.3) is 0 Å². The van der Waals surface area contributed by atoms with E-state index in [2.05, 4.69) is 4.98 Å². The molecule has 1 aromatic heterocycles. The zero-order valence-electron chi connectivity index (χ0n) is 11.4. The molecule has 0 atom stereocenters. The fourth-order valence-corrected chi connectivity index (χ4v) is 2.48. The summed E-state index contributed by atoms with van der Waals surface area (Å²) in [4.78, 5) is 4.50. The third kappa shape index (κ3) is 1.84. The molecule has 3 rings (SSSR count). The van der Waals surface area contributed by atoms with Crippen LogP contribution in [0.1, 0.15) is 12.5 Å². The summed E-state index contributed by atoms with van der Waals surface area (Å²) in [6.45, 7) is 4.62. The maximum Gasteiger partial charge on any atom is 0.147 e. The van der Waals surface area contributed by atoms with Gasteiger partial charge in [-0.2, -0.15) is 0 Å². The van der Waals surface area contributed by atoms with Gasteiger partial charge in [-0.15, -0.1) is 0 Å². The van der Waals surface area contributed by atoms with Crippen molar-refractivity contribution in [2.24, 2.45) is 0 Å². The quantitative estimate of drug-likeness (QED) is 0.767. The number of imidazole rings is 1. The Morgan fingerprint density at radius 2 is 2.05 bits per heavy atom. The van der Waals surface area contributed by atoms with Crippen LogP contribution < -0.4 is 0 Å². The number of halogens is 1. The summed E-state index contributed by atoms with van der Waals surface area (Å²) >= 11 is 0. The molecular formula is C16H15FN2O. The average Bonchev–Trinajstić information content (AvgIpc) is 2.75. The Hall–Kier alpha value is -2.36. The molecule has 1 heterocycles. The van der Waals surface area contributed by atoms with Gasteiger partial charge in [0.1, 0.15) is 17.4 Å². The number of aromatic nitrogens is 2. The Labute approximate surface area is 116 Å². The first-order valence-electron chi connectivity index (χ1n) is 6.56. The van der Waals surface area contributed by atoms with Crippen molar-refractivity contribution >= 4 is 11.0 Å². The Balaban J connectivity index is 2.36. The van der Waals surface area contributed by atoms with Gasteiger partial charge in [-0.1, -0.05) is 12.1 Å². The van der Waals surface area contributed by atoms with E-state index < -0.39 is 5.82 Å². The lowest BCUT2D eigenvalue weighted by Crippen LogP contribution is -1.99. The summed E-state index contributed by atoms with van der Waals surface area (Å²) in [5.74, 6) is -0.0952. The number of phenols is 1. The van der Waals surface area contributed by atoms with Crippen molar-refractivity contribution in [2.45, 2.75) is 20.4 Å². The van der Waals surface area contributed by atoms with Crippen LogP contribution >= 0.6 is 0 Å². The van der Waals surface area contributed by atoms with E-state index in [1.807, 2.05) is 36.6 Å². The molecule has 1 N–H and O–H groups in total. The van der Waals surface area contributed by atoms with Crippen LogP contribution in [-0.4, -0.2) is 14.7 Å². The maximum atomic E-state index is 14.0. The summed E-state index contributed by atoms with van der Waals surface area (Å²) in [6.07, 6.45) is 0. The Kier molecular flexibility index (Phi) is 2.93. The second-order valence-corrected chi connectivity index (χ2v) is 4.81. The number of rotatable bonds is 2. The lowest BCUT2D eigenvalue weighted by Gasteiger charge is -2.08. The van der Waals surface area contributed by atoms with Gasteiger partial charge in [0.05, 0.1) is 16.6 Å². The van der Waals surface area contributed by atoms with Crippen molar-refractivity contribution in [1.82, 2.24) is 9.55 Å². The Morgan fingerprint density at radius 3 is 2.75 bits per heavy atom. The normalized spacial score (nSPS) is 11.2. The molecule has 0 radical (unpaired) electrons. The Morgan fingerprint density at radius 1 is 1.25 bits per heavy atom. The molecule has 20 heavy (non-hydrogen) atoms. The van der Waals surface area contributed by atoms with E-state index >= 15 is 0 Å². The third-order valence-electron chi connectivity index (χ3n) is 3.44. The Bertz CT molecular complexity index is 772. The number of aryl methyl sites for hydroxylation is 2. The van der Waals surface area contributed by atoms with Crippen LogP contribution in [0.3, 0.4) is 0 Å². The van der Waals surface area contributed by atoms with Gasteiger partial charge in [-0.05, 0) is 43.7 Å². The summed E-state index contributed by atoms with van der Waals surface area (Å²) < 4.78 is 16.0. The summed E-state index contributed by atoms with van der Waals surface area (Å²) in [5.41, 5.74) is 3.01. The van der Waals surface area contributed by atoms with Crippen LogP contribution in [-0.2, 0) is 6.54 Å². The van der Waals surface area contributed by atoms with E-state index in [1.165, 1.54) is 18.2 Å². The van der Waals surface area contributed by atoms with Crippen molar-refractivity contribution in [3.8, 4) is 17.1 Å². The van der Waals surface area contributed by atoms with Crippen molar-refractivity contribution in [1.29, 1.82) is 0 Å². The van der Waals surface area contributed by atoms with Crippen molar-refractivity contribution < 1.29 is 9.50 Å². The summed E-state index contributed by atoms with van der Waals surface area (Å²) in [6, 6.07) is 10.2. The molecule has 3 nitrogen and oxygen atoms in total. The minimum atomic E-state index is -0.466. The average molecular weight is 270 g/mol. The smallest absolute Gasteiger partial charge is 0.147 e. The zero-order chi connectivity index (χ0) is 14.3. The summed E-state index contributed by atoms with van der Waals surface area (Å²) in [7, 11) is 0. The van der Waals surface area contributed by atoms with Crippen LogP contribution in [0.4, 0.5) is 4.39 Å². The van der Waals surface area contributed by atoms with Gasteiger partial charge in [0.2, 0.25) is 0 Å². The molecule has 3 aromatic rings. The molecule has 0 unspecified atom stereocenters. The van der Waals surface area contributed by atoms with Crippen LogP contribution in [0, 0.1) is 12.7 Å². The highest BCUT2D eigenvalue weighted by atomic mass is 19.1. The number of nitrogens with zero attached hydrogens (tertiary/aromatic N) is 2. The predicted molar refractivity (Wildman–Crippen MR) is 77.2 cm³/mol. The lowest BCUT2D eigenvalue weighted by atomic mass is 10.1. The molecule has 2 aromatic carbocycles. The highest BCUT2D eigenvalue weighted by molar-refractivity contribution is 5.82. The molecule has 0 spiro atoms. The number of hydrogen-bond donors (Lipinski definition) is 1. The molecule has 0 aliphatic rings. The molecule has 0 amide bonds. The standard InChI is InChI=1S/C16H15FN2O/c1-3-19-13-8-7-10(2)9-12(13)18-16(19)15-11(17)5-4-6-14(15)20/h4-9,20H,3H2,1-2H3. The van der Waals surface area contributed by atoms with Crippen molar-refractivity contribution in [2.75, 3.05) is 0 Å².